The summed E-state index contributed by atoms with van der Waals surface area (Å²) in [6.07, 6.45) is 0.691. The molecule has 0 aliphatic carbocycles. The van der Waals surface area contributed by atoms with E-state index >= 15 is 0 Å². The zero-order chi connectivity index (χ0) is 13.5. The lowest BCUT2D eigenvalue weighted by Gasteiger charge is -2.41. The van der Waals surface area contributed by atoms with Crippen molar-refractivity contribution in [2.24, 2.45) is 11.1 Å². The molecule has 5 heteroatoms. The molecule has 102 valence electrons. The van der Waals surface area contributed by atoms with Gasteiger partial charge in [0.05, 0.1) is 11.5 Å². The van der Waals surface area contributed by atoms with Gasteiger partial charge in [-0.3, -0.25) is 0 Å². The molecule has 1 aliphatic rings. The van der Waals surface area contributed by atoms with Gasteiger partial charge in [0, 0.05) is 17.6 Å². The molecule has 4 nitrogen and oxygen atoms in total. The van der Waals surface area contributed by atoms with Crippen LogP contribution in [0.2, 0.25) is 0 Å². The number of nitrogens with two attached hydrogens (primary N) is 1. The van der Waals surface area contributed by atoms with Crippen LogP contribution < -0.4 is 11.1 Å². The van der Waals surface area contributed by atoms with Crippen molar-refractivity contribution < 1.29 is 8.42 Å². The fourth-order valence-corrected chi connectivity index (χ4v) is 3.94. The van der Waals surface area contributed by atoms with Crippen LogP contribution in [0.25, 0.3) is 0 Å². The number of rotatable bonds is 4. The van der Waals surface area contributed by atoms with Gasteiger partial charge in [-0.1, -0.05) is 13.8 Å². The largest absolute Gasteiger partial charge is 0.325 e. The Hall–Kier alpha value is -0.130. The third-order valence-corrected chi connectivity index (χ3v) is 6.11. The minimum atomic E-state index is -2.85. The molecule has 1 unspecified atom stereocenters. The van der Waals surface area contributed by atoms with Gasteiger partial charge >= 0.3 is 0 Å². The van der Waals surface area contributed by atoms with Gasteiger partial charge in [0.1, 0.15) is 0 Å². The number of sulfone groups is 1. The van der Waals surface area contributed by atoms with Crippen LogP contribution in [0.15, 0.2) is 0 Å². The van der Waals surface area contributed by atoms with Gasteiger partial charge in [0.15, 0.2) is 9.84 Å². The molecule has 17 heavy (non-hydrogen) atoms. The second-order valence-electron chi connectivity index (χ2n) is 6.86. The van der Waals surface area contributed by atoms with Crippen molar-refractivity contribution in [3.63, 3.8) is 0 Å². The minimum Gasteiger partial charge on any atom is -0.325 e. The van der Waals surface area contributed by atoms with Gasteiger partial charge in [-0.15, -0.1) is 0 Å². The van der Waals surface area contributed by atoms with E-state index in [9.17, 15) is 8.42 Å². The number of nitrogens with one attached hydrogen (secondary N) is 1. The summed E-state index contributed by atoms with van der Waals surface area (Å²) >= 11 is 0. The second-order valence-corrected chi connectivity index (χ2v) is 9.05. The highest BCUT2D eigenvalue weighted by atomic mass is 32.2. The molecule has 0 bridgehead atoms. The van der Waals surface area contributed by atoms with Crippen LogP contribution in [0.4, 0.5) is 0 Å². The summed E-state index contributed by atoms with van der Waals surface area (Å²) in [4.78, 5) is 0. The first-order chi connectivity index (χ1) is 7.37. The van der Waals surface area contributed by atoms with Crippen LogP contribution in [0.5, 0.6) is 0 Å². The molecule has 0 amide bonds. The average Bonchev–Trinajstić information content (AvgIpc) is 2.37. The Bertz CT molecular complexity index is 382. The highest BCUT2D eigenvalue weighted by Gasteiger charge is 2.41. The maximum absolute atomic E-state index is 11.5. The van der Waals surface area contributed by atoms with Gasteiger partial charge in [-0.2, -0.15) is 0 Å². The van der Waals surface area contributed by atoms with Gasteiger partial charge in [0.2, 0.25) is 0 Å². The SMILES string of the molecule is CC1(NCC(C)(C)C(C)(C)N)CCS(=O)(=O)C1. The molecule has 3 N–H and O–H groups in total. The first kappa shape index (κ1) is 14.9. The summed E-state index contributed by atoms with van der Waals surface area (Å²) in [5.41, 5.74) is 5.47. The van der Waals surface area contributed by atoms with Crippen LogP contribution in [-0.4, -0.2) is 37.5 Å². The molecule has 1 saturated heterocycles. The van der Waals surface area contributed by atoms with Crippen molar-refractivity contribution in [2.75, 3.05) is 18.1 Å². The topological polar surface area (TPSA) is 72.2 Å². The summed E-state index contributed by atoms with van der Waals surface area (Å²) in [5, 5.41) is 3.40. The Morgan fingerprint density at radius 3 is 2.18 bits per heavy atom. The molecule has 0 radical (unpaired) electrons. The Morgan fingerprint density at radius 2 is 1.82 bits per heavy atom. The zero-order valence-electron chi connectivity index (χ0n) is 11.6. The van der Waals surface area contributed by atoms with E-state index in [0.29, 0.717) is 12.2 Å². The van der Waals surface area contributed by atoms with E-state index in [2.05, 4.69) is 19.2 Å². The first-order valence-corrected chi connectivity index (χ1v) is 7.93. The zero-order valence-corrected chi connectivity index (χ0v) is 12.4. The highest BCUT2D eigenvalue weighted by molar-refractivity contribution is 7.91. The van der Waals surface area contributed by atoms with Crippen molar-refractivity contribution in [2.45, 2.75) is 52.1 Å². The molecular weight excluding hydrogens is 236 g/mol. The number of hydrogen-bond donors (Lipinski definition) is 2. The summed E-state index contributed by atoms with van der Waals surface area (Å²) in [6.45, 7) is 10.9. The monoisotopic (exact) mass is 262 g/mol. The molecule has 0 aromatic heterocycles. The van der Waals surface area contributed by atoms with Crippen LogP contribution in [-0.2, 0) is 9.84 Å². The van der Waals surface area contributed by atoms with E-state index < -0.39 is 9.84 Å². The van der Waals surface area contributed by atoms with E-state index in [-0.39, 0.29) is 22.2 Å². The maximum Gasteiger partial charge on any atom is 0.152 e. The van der Waals surface area contributed by atoms with Crippen molar-refractivity contribution in [3.05, 3.63) is 0 Å². The lowest BCUT2D eigenvalue weighted by molar-refractivity contribution is 0.176. The van der Waals surface area contributed by atoms with Crippen LogP contribution in [0.3, 0.4) is 0 Å². The van der Waals surface area contributed by atoms with Crippen LogP contribution in [0.1, 0.15) is 41.0 Å². The smallest absolute Gasteiger partial charge is 0.152 e. The van der Waals surface area contributed by atoms with Gasteiger partial charge < -0.3 is 11.1 Å². The standard InChI is InChI=1S/C12H26N2O2S/c1-10(2,11(3,4)13)8-14-12(5)6-7-17(15,16)9-12/h14H,6-9,13H2,1-5H3. The lowest BCUT2D eigenvalue weighted by atomic mass is 9.75. The maximum atomic E-state index is 11.5. The van der Waals surface area contributed by atoms with Gasteiger partial charge in [0.25, 0.3) is 0 Å². The molecule has 1 atom stereocenters. The Balaban J connectivity index is 2.64. The van der Waals surface area contributed by atoms with Crippen LogP contribution in [0, 0.1) is 5.41 Å². The Labute approximate surface area is 105 Å². The van der Waals surface area contributed by atoms with E-state index in [1.807, 2.05) is 20.8 Å². The fraction of sp³-hybridized carbons (Fsp3) is 1.00. The van der Waals surface area contributed by atoms with E-state index in [4.69, 9.17) is 5.73 Å². The molecular formula is C12H26N2O2S. The molecule has 1 heterocycles. The lowest BCUT2D eigenvalue weighted by Crippen LogP contribution is -2.56. The quantitative estimate of drug-likeness (QED) is 0.790. The van der Waals surface area contributed by atoms with E-state index in [0.717, 1.165) is 6.54 Å². The predicted molar refractivity (Wildman–Crippen MR) is 71.7 cm³/mol. The predicted octanol–water partition coefficient (Wildman–Crippen LogP) is 0.917. The van der Waals surface area contributed by atoms with Crippen LogP contribution >= 0.6 is 0 Å². The molecule has 0 aromatic rings. The minimum absolute atomic E-state index is 0.0810. The second kappa shape index (κ2) is 4.21. The van der Waals surface area contributed by atoms with Gasteiger partial charge in [-0.25, -0.2) is 8.42 Å². The van der Waals surface area contributed by atoms with Crippen molar-refractivity contribution >= 4 is 9.84 Å². The average molecular weight is 262 g/mol. The fourth-order valence-electron chi connectivity index (χ4n) is 1.81. The third-order valence-electron chi connectivity index (χ3n) is 4.20. The summed E-state index contributed by atoms with van der Waals surface area (Å²) in [7, 11) is -2.85. The van der Waals surface area contributed by atoms with Gasteiger partial charge in [-0.05, 0) is 32.6 Å². The Morgan fingerprint density at radius 1 is 1.29 bits per heavy atom. The van der Waals surface area contributed by atoms with E-state index in [1.165, 1.54) is 0 Å². The van der Waals surface area contributed by atoms with E-state index in [1.54, 1.807) is 0 Å². The molecule has 1 fully saturated rings. The molecule has 1 aliphatic heterocycles. The molecule has 0 aromatic carbocycles. The molecule has 1 rings (SSSR count). The first-order valence-electron chi connectivity index (χ1n) is 6.11. The van der Waals surface area contributed by atoms with Crippen molar-refractivity contribution in [3.8, 4) is 0 Å². The van der Waals surface area contributed by atoms with Crippen molar-refractivity contribution in [1.29, 1.82) is 0 Å². The highest BCUT2D eigenvalue weighted by Crippen LogP contribution is 2.30. The third kappa shape index (κ3) is 3.66. The summed E-state index contributed by atoms with van der Waals surface area (Å²) in [6, 6.07) is 0. The molecule has 0 spiro atoms. The number of hydrogen-bond acceptors (Lipinski definition) is 4. The Kier molecular flexibility index (Phi) is 3.70. The van der Waals surface area contributed by atoms with Crippen molar-refractivity contribution in [1.82, 2.24) is 5.32 Å². The summed E-state index contributed by atoms with van der Waals surface area (Å²) in [5.74, 6) is 0.532. The normalized spacial score (nSPS) is 29.5. The summed E-state index contributed by atoms with van der Waals surface area (Å²) < 4.78 is 23.0. The molecule has 0 saturated carbocycles.